The van der Waals surface area contributed by atoms with Gasteiger partial charge in [0, 0.05) is 34.6 Å². The summed E-state index contributed by atoms with van der Waals surface area (Å²) in [6.07, 6.45) is -3.34. The van der Waals surface area contributed by atoms with E-state index in [-0.39, 0.29) is 11.5 Å². The molecule has 2 aromatic carbocycles. The molecular weight excluding hydrogens is 477 g/mol. The topological polar surface area (TPSA) is 54.8 Å². The quantitative estimate of drug-likeness (QED) is 0.451. The third-order valence-electron chi connectivity index (χ3n) is 5.21. The van der Waals surface area contributed by atoms with E-state index in [0.717, 1.165) is 34.5 Å². The molecule has 0 aliphatic carbocycles. The van der Waals surface area contributed by atoms with E-state index >= 15 is 0 Å². The average Bonchev–Trinajstić information content (AvgIpc) is 2.82. The van der Waals surface area contributed by atoms with Gasteiger partial charge in [-0.05, 0) is 61.0 Å². The van der Waals surface area contributed by atoms with E-state index in [1.165, 1.54) is 24.0 Å². The second kappa shape index (κ2) is 11.0. The molecule has 4 rings (SSSR count). The van der Waals surface area contributed by atoms with Crippen LogP contribution in [0.2, 0.25) is 0 Å². The molecule has 1 fully saturated rings. The summed E-state index contributed by atoms with van der Waals surface area (Å²) in [5.74, 6) is 6.11. The Morgan fingerprint density at radius 2 is 1.91 bits per heavy atom. The number of aryl methyl sites for hydroxylation is 1. The average molecular weight is 501 g/mol. The lowest BCUT2D eigenvalue weighted by Gasteiger charge is -2.24. The van der Waals surface area contributed by atoms with E-state index in [4.69, 9.17) is 9.47 Å². The first kappa shape index (κ1) is 24.9. The molecule has 2 heterocycles. The lowest BCUT2D eigenvalue weighted by Crippen LogP contribution is -2.36. The Morgan fingerprint density at radius 1 is 1.11 bits per heavy atom. The first-order valence-corrected chi connectivity index (χ1v) is 11.7. The summed E-state index contributed by atoms with van der Waals surface area (Å²) >= 11 is 1.39. The lowest BCUT2D eigenvalue weighted by molar-refractivity contribution is -0.138. The van der Waals surface area contributed by atoms with Crippen LogP contribution in [-0.2, 0) is 10.9 Å². The van der Waals surface area contributed by atoms with Crippen LogP contribution >= 0.6 is 11.8 Å². The van der Waals surface area contributed by atoms with E-state index in [9.17, 15) is 18.3 Å². The normalized spacial score (nSPS) is 14.3. The van der Waals surface area contributed by atoms with Crippen LogP contribution in [0.4, 0.5) is 13.2 Å². The predicted molar refractivity (Wildman–Crippen MR) is 127 cm³/mol. The lowest BCUT2D eigenvalue weighted by atomic mass is 10.2. The molecule has 1 aliphatic heterocycles. The molecule has 182 valence electrons. The maximum Gasteiger partial charge on any atom is 0.421 e. The molecule has 0 bridgehead atoms. The number of aromatic nitrogens is 1. The van der Waals surface area contributed by atoms with Crippen molar-refractivity contribution in [2.45, 2.75) is 22.9 Å². The zero-order valence-corrected chi connectivity index (χ0v) is 19.7. The van der Waals surface area contributed by atoms with Crippen LogP contribution in [0, 0.1) is 18.8 Å². The maximum absolute atomic E-state index is 13.4. The van der Waals surface area contributed by atoms with Crippen LogP contribution in [0.5, 0.6) is 17.4 Å². The first-order valence-electron chi connectivity index (χ1n) is 10.9. The molecule has 0 amide bonds. The van der Waals surface area contributed by atoms with Gasteiger partial charge in [0.05, 0.1) is 19.8 Å². The number of hydrogen-bond acceptors (Lipinski definition) is 6. The number of morpholine rings is 1. The van der Waals surface area contributed by atoms with Gasteiger partial charge in [0.25, 0.3) is 0 Å². The van der Waals surface area contributed by atoms with Gasteiger partial charge in [0.1, 0.15) is 17.1 Å². The molecule has 3 aromatic rings. The summed E-state index contributed by atoms with van der Waals surface area (Å²) in [6.45, 7) is 5.30. The van der Waals surface area contributed by atoms with E-state index in [0.29, 0.717) is 25.3 Å². The summed E-state index contributed by atoms with van der Waals surface area (Å²) in [4.78, 5) is 7.56. The number of nitrogens with zero attached hydrogens (tertiary/aromatic N) is 2. The number of alkyl halides is 3. The minimum atomic E-state index is -4.60. The summed E-state index contributed by atoms with van der Waals surface area (Å²) in [5, 5.41) is 9.80. The molecule has 9 heteroatoms. The highest BCUT2D eigenvalue weighted by Crippen LogP contribution is 2.38. The van der Waals surface area contributed by atoms with Crippen LogP contribution in [0.1, 0.15) is 16.7 Å². The van der Waals surface area contributed by atoms with E-state index in [1.807, 2.05) is 12.1 Å². The fraction of sp³-hybridized carbons (Fsp3) is 0.269. The zero-order valence-electron chi connectivity index (χ0n) is 18.9. The van der Waals surface area contributed by atoms with Crippen molar-refractivity contribution in [3.8, 4) is 29.2 Å². The number of pyridine rings is 1. The standard InChI is InChI=1S/C26H23F3N2O3S/c1-18-14-21(6-7-24(18)32)35-22-16-19(4-3-9-31-10-12-33-13-11-31)15-20(17-22)34-25-23(26(27,28)29)5-2-8-30-25/h2,5-8,14-17,32H,9-13H2,1H3. The smallest absolute Gasteiger partial charge is 0.421 e. The fourth-order valence-corrected chi connectivity index (χ4v) is 4.41. The molecule has 0 unspecified atom stereocenters. The number of hydrogen-bond donors (Lipinski definition) is 1. The number of phenols is 1. The Morgan fingerprint density at radius 3 is 2.66 bits per heavy atom. The molecule has 0 spiro atoms. The maximum atomic E-state index is 13.4. The summed E-state index contributed by atoms with van der Waals surface area (Å²) in [7, 11) is 0. The van der Waals surface area contributed by atoms with Crippen molar-refractivity contribution < 1.29 is 27.8 Å². The second-order valence-corrected chi connectivity index (χ2v) is 9.04. The predicted octanol–water partition coefficient (Wildman–Crippen LogP) is 5.74. The Hall–Kier alpha value is -3.19. The molecule has 35 heavy (non-hydrogen) atoms. The fourth-order valence-electron chi connectivity index (χ4n) is 3.40. The third-order valence-corrected chi connectivity index (χ3v) is 6.18. The highest BCUT2D eigenvalue weighted by Gasteiger charge is 2.35. The molecular formula is C26H23F3N2O3S. The minimum absolute atomic E-state index is 0.191. The molecule has 1 aliphatic rings. The molecule has 0 radical (unpaired) electrons. The summed E-state index contributed by atoms with van der Waals surface area (Å²) in [5.41, 5.74) is 0.377. The summed E-state index contributed by atoms with van der Waals surface area (Å²) < 4.78 is 51.3. The first-order chi connectivity index (χ1) is 16.8. The second-order valence-electron chi connectivity index (χ2n) is 7.89. The number of ether oxygens (including phenoxy) is 2. The van der Waals surface area contributed by atoms with Gasteiger partial charge in [-0.1, -0.05) is 23.6 Å². The number of phenolic OH excluding ortho intramolecular Hbond substituents is 1. The van der Waals surface area contributed by atoms with Gasteiger partial charge in [0.15, 0.2) is 0 Å². The number of benzene rings is 2. The highest BCUT2D eigenvalue weighted by atomic mass is 32.2. The van der Waals surface area contributed by atoms with Crippen LogP contribution in [-0.4, -0.2) is 47.8 Å². The Kier molecular flexibility index (Phi) is 7.86. The van der Waals surface area contributed by atoms with Crippen LogP contribution in [0.25, 0.3) is 0 Å². The van der Waals surface area contributed by atoms with Gasteiger partial charge < -0.3 is 14.6 Å². The van der Waals surface area contributed by atoms with Gasteiger partial charge >= 0.3 is 6.18 Å². The third kappa shape index (κ3) is 6.92. The van der Waals surface area contributed by atoms with Gasteiger partial charge in [-0.25, -0.2) is 4.98 Å². The Labute approximate surface area is 205 Å². The summed E-state index contributed by atoms with van der Waals surface area (Å²) in [6, 6.07) is 12.5. The Bertz CT molecular complexity index is 1250. The van der Waals surface area contributed by atoms with Crippen molar-refractivity contribution in [2.24, 2.45) is 0 Å². The Balaban J connectivity index is 1.64. The molecule has 1 aromatic heterocycles. The van der Waals surface area contributed by atoms with Crippen molar-refractivity contribution in [3.63, 3.8) is 0 Å². The van der Waals surface area contributed by atoms with Crippen LogP contribution in [0.15, 0.2) is 64.5 Å². The van der Waals surface area contributed by atoms with Gasteiger partial charge in [-0.2, -0.15) is 13.2 Å². The van der Waals surface area contributed by atoms with Gasteiger partial charge in [0.2, 0.25) is 5.88 Å². The van der Waals surface area contributed by atoms with E-state index in [2.05, 4.69) is 21.7 Å². The molecule has 1 N–H and O–H groups in total. The molecule has 0 atom stereocenters. The van der Waals surface area contributed by atoms with E-state index < -0.39 is 17.6 Å². The molecule has 5 nitrogen and oxygen atoms in total. The van der Waals surface area contributed by atoms with Gasteiger partial charge in [-0.3, -0.25) is 4.90 Å². The number of rotatable bonds is 5. The molecule has 1 saturated heterocycles. The van der Waals surface area contributed by atoms with Crippen LogP contribution < -0.4 is 4.74 Å². The number of aromatic hydroxyl groups is 1. The largest absolute Gasteiger partial charge is 0.508 e. The SMILES string of the molecule is Cc1cc(Sc2cc(C#CCN3CCOCC3)cc(Oc3ncccc3C(F)(F)F)c2)ccc1O. The highest BCUT2D eigenvalue weighted by molar-refractivity contribution is 7.99. The number of halogens is 3. The van der Waals surface area contributed by atoms with E-state index in [1.54, 1.807) is 31.2 Å². The van der Waals surface area contributed by atoms with Crippen molar-refractivity contribution in [2.75, 3.05) is 32.8 Å². The van der Waals surface area contributed by atoms with Crippen LogP contribution in [0.3, 0.4) is 0 Å². The minimum Gasteiger partial charge on any atom is -0.508 e. The van der Waals surface area contributed by atoms with Crippen molar-refractivity contribution in [1.82, 2.24) is 9.88 Å². The van der Waals surface area contributed by atoms with Crippen molar-refractivity contribution in [3.05, 3.63) is 71.4 Å². The monoisotopic (exact) mass is 500 g/mol. The van der Waals surface area contributed by atoms with Gasteiger partial charge in [-0.15, -0.1) is 0 Å². The molecule has 0 saturated carbocycles. The van der Waals surface area contributed by atoms with Crippen molar-refractivity contribution >= 4 is 11.8 Å². The zero-order chi connectivity index (χ0) is 24.8. The van der Waals surface area contributed by atoms with Crippen molar-refractivity contribution in [1.29, 1.82) is 0 Å².